The lowest BCUT2D eigenvalue weighted by molar-refractivity contribution is 0.121. The normalized spacial score (nSPS) is 17.4. The van der Waals surface area contributed by atoms with Gasteiger partial charge in [0.1, 0.15) is 0 Å². The van der Waals surface area contributed by atoms with Crippen molar-refractivity contribution in [3.05, 3.63) is 46.2 Å². The van der Waals surface area contributed by atoms with E-state index in [9.17, 15) is 0 Å². The Morgan fingerprint density at radius 3 is 2.75 bits per heavy atom. The fraction of sp³-hybridized carbons (Fsp3) is 0.444. The Balaban J connectivity index is 2.06. The number of anilines is 1. The summed E-state index contributed by atoms with van der Waals surface area (Å²) in [5.74, 6) is 1.11. The minimum atomic E-state index is 0.216. The van der Waals surface area contributed by atoms with Gasteiger partial charge in [0.05, 0.1) is 28.9 Å². The molecule has 6 heteroatoms. The summed E-state index contributed by atoms with van der Waals surface area (Å²) in [5, 5.41) is 4.86. The third-order valence-electron chi connectivity index (χ3n) is 4.13. The van der Waals surface area contributed by atoms with Gasteiger partial charge in [-0.05, 0) is 35.8 Å². The fourth-order valence-corrected chi connectivity index (χ4v) is 3.56. The Kier molecular flexibility index (Phi) is 5.36. The maximum Gasteiger partial charge on any atom is 0.227 e. The summed E-state index contributed by atoms with van der Waals surface area (Å²) in [4.78, 5) is 6.98. The summed E-state index contributed by atoms with van der Waals surface area (Å²) < 4.78 is 8.46. The number of aromatic nitrogens is 3. The molecule has 0 amide bonds. The first-order valence-corrected chi connectivity index (χ1v) is 9.09. The van der Waals surface area contributed by atoms with E-state index in [1.165, 1.54) is 0 Å². The van der Waals surface area contributed by atoms with Crippen LogP contribution in [0.4, 0.5) is 5.95 Å². The number of allylic oxidation sites excluding steroid dienone is 4. The number of morpholine rings is 1. The quantitative estimate of drug-likeness (QED) is 0.743. The number of aryl methyl sites for hydroxylation is 1. The average molecular weight is 391 g/mol. The van der Waals surface area contributed by atoms with Crippen molar-refractivity contribution in [1.29, 1.82) is 0 Å². The summed E-state index contributed by atoms with van der Waals surface area (Å²) in [6.07, 6.45) is 8.27. The number of fused-ring (bicyclic) bond motifs is 1. The number of hydrogen-bond acceptors (Lipinski definition) is 4. The molecule has 1 aliphatic rings. The second kappa shape index (κ2) is 7.49. The average Bonchev–Trinajstić information content (AvgIpc) is 2.92. The molecular weight excluding hydrogens is 368 g/mol. The molecule has 1 aliphatic heterocycles. The first-order valence-electron chi connectivity index (χ1n) is 8.29. The van der Waals surface area contributed by atoms with Crippen LogP contribution in [0.5, 0.6) is 0 Å². The van der Waals surface area contributed by atoms with Gasteiger partial charge < -0.3 is 9.64 Å². The summed E-state index contributed by atoms with van der Waals surface area (Å²) in [5.41, 5.74) is 3.08. The highest BCUT2D eigenvalue weighted by Crippen LogP contribution is 2.31. The van der Waals surface area contributed by atoms with Gasteiger partial charge in [-0.15, -0.1) is 0 Å². The van der Waals surface area contributed by atoms with Crippen LogP contribution in [0.15, 0.2) is 34.8 Å². The zero-order valence-electron chi connectivity index (χ0n) is 14.4. The topological polar surface area (TPSA) is 42.7 Å². The molecule has 0 spiro atoms. The molecule has 2 aromatic rings. The van der Waals surface area contributed by atoms with Gasteiger partial charge in [0.2, 0.25) is 5.95 Å². The highest BCUT2D eigenvalue weighted by Gasteiger charge is 2.21. The molecule has 3 heterocycles. The van der Waals surface area contributed by atoms with Crippen LogP contribution in [0.2, 0.25) is 0 Å². The Labute approximate surface area is 151 Å². The Morgan fingerprint density at radius 2 is 2.04 bits per heavy atom. The van der Waals surface area contributed by atoms with Gasteiger partial charge in [-0.1, -0.05) is 31.2 Å². The van der Waals surface area contributed by atoms with E-state index < -0.39 is 0 Å². The maximum atomic E-state index is 5.46. The van der Waals surface area contributed by atoms with E-state index in [2.05, 4.69) is 46.0 Å². The van der Waals surface area contributed by atoms with E-state index in [0.717, 1.165) is 53.6 Å². The summed E-state index contributed by atoms with van der Waals surface area (Å²) in [7, 11) is 0. The van der Waals surface area contributed by atoms with Crippen LogP contribution in [0.3, 0.4) is 0 Å². The lowest BCUT2D eigenvalue weighted by Crippen LogP contribution is -2.38. The molecule has 24 heavy (non-hydrogen) atoms. The van der Waals surface area contributed by atoms with Crippen molar-refractivity contribution in [3.63, 3.8) is 0 Å². The maximum absolute atomic E-state index is 5.46. The van der Waals surface area contributed by atoms with Crippen molar-refractivity contribution in [2.24, 2.45) is 0 Å². The Hall–Kier alpha value is -1.66. The van der Waals surface area contributed by atoms with Crippen LogP contribution in [-0.4, -0.2) is 40.9 Å². The zero-order valence-corrected chi connectivity index (χ0v) is 16.0. The Bertz CT molecular complexity index is 775. The minimum absolute atomic E-state index is 0.216. The van der Waals surface area contributed by atoms with Crippen molar-refractivity contribution >= 4 is 27.4 Å². The third-order valence-corrected chi connectivity index (χ3v) is 4.94. The zero-order chi connectivity index (χ0) is 17.1. The van der Waals surface area contributed by atoms with Gasteiger partial charge in [-0.2, -0.15) is 9.61 Å². The third kappa shape index (κ3) is 3.39. The predicted octanol–water partition coefficient (Wildman–Crippen LogP) is 3.87. The van der Waals surface area contributed by atoms with Crippen LogP contribution in [-0.2, 0) is 4.74 Å². The number of nitrogens with zero attached hydrogens (tertiary/aromatic N) is 4. The second-order valence-electron chi connectivity index (χ2n) is 5.99. The SMILES string of the molecule is C/C=C\C=C/C(C)c1nn2c(N3CCOCC3)nc(C)cc2c1Br. The molecule has 128 valence electrons. The number of halogens is 1. The first kappa shape index (κ1) is 17.2. The number of hydrogen-bond donors (Lipinski definition) is 0. The minimum Gasteiger partial charge on any atom is -0.378 e. The van der Waals surface area contributed by atoms with E-state index in [1.807, 2.05) is 30.5 Å². The van der Waals surface area contributed by atoms with Gasteiger partial charge in [0, 0.05) is 24.7 Å². The van der Waals surface area contributed by atoms with Gasteiger partial charge in [-0.25, -0.2) is 4.98 Å². The molecule has 0 radical (unpaired) electrons. The standard InChI is InChI=1S/C18H23BrN4O/c1-4-5-6-7-13(2)17-16(19)15-12-14(3)20-18(23(15)21-17)22-8-10-24-11-9-22/h4-7,12-13H,8-11H2,1-3H3/b5-4-,7-6-. The van der Waals surface area contributed by atoms with Gasteiger partial charge in [0.15, 0.2) is 0 Å². The van der Waals surface area contributed by atoms with Crippen LogP contribution in [0.25, 0.3) is 5.52 Å². The molecule has 0 aliphatic carbocycles. The molecular formula is C18H23BrN4O. The largest absolute Gasteiger partial charge is 0.378 e. The lowest BCUT2D eigenvalue weighted by Gasteiger charge is -2.28. The summed E-state index contributed by atoms with van der Waals surface area (Å²) in [6.45, 7) is 9.34. The smallest absolute Gasteiger partial charge is 0.227 e. The highest BCUT2D eigenvalue weighted by molar-refractivity contribution is 9.10. The van der Waals surface area contributed by atoms with Crippen LogP contribution in [0.1, 0.15) is 31.2 Å². The molecule has 0 saturated carbocycles. The second-order valence-corrected chi connectivity index (χ2v) is 6.79. The van der Waals surface area contributed by atoms with Gasteiger partial charge in [-0.3, -0.25) is 0 Å². The molecule has 1 fully saturated rings. The molecule has 1 atom stereocenters. The van der Waals surface area contributed by atoms with Crippen LogP contribution < -0.4 is 4.90 Å². The van der Waals surface area contributed by atoms with Crippen molar-refractivity contribution in [2.75, 3.05) is 31.2 Å². The predicted molar refractivity (Wildman–Crippen MR) is 101 cm³/mol. The van der Waals surface area contributed by atoms with Crippen molar-refractivity contribution in [3.8, 4) is 0 Å². The van der Waals surface area contributed by atoms with Crippen molar-refractivity contribution < 1.29 is 4.74 Å². The molecule has 0 aromatic carbocycles. The van der Waals surface area contributed by atoms with E-state index in [4.69, 9.17) is 14.8 Å². The molecule has 0 N–H and O–H groups in total. The molecule has 5 nitrogen and oxygen atoms in total. The summed E-state index contributed by atoms with van der Waals surface area (Å²) in [6, 6.07) is 2.08. The number of rotatable bonds is 4. The lowest BCUT2D eigenvalue weighted by atomic mass is 10.1. The molecule has 1 unspecified atom stereocenters. The van der Waals surface area contributed by atoms with Crippen LogP contribution in [0, 0.1) is 6.92 Å². The summed E-state index contributed by atoms with van der Waals surface area (Å²) >= 11 is 3.75. The fourth-order valence-electron chi connectivity index (χ4n) is 2.83. The molecule has 3 rings (SSSR count). The van der Waals surface area contributed by atoms with Gasteiger partial charge in [0.25, 0.3) is 0 Å². The Morgan fingerprint density at radius 1 is 1.29 bits per heavy atom. The van der Waals surface area contributed by atoms with E-state index in [0.29, 0.717) is 0 Å². The molecule has 2 aromatic heterocycles. The first-order chi connectivity index (χ1) is 11.6. The number of ether oxygens (including phenoxy) is 1. The van der Waals surface area contributed by atoms with Gasteiger partial charge >= 0.3 is 0 Å². The van der Waals surface area contributed by atoms with Crippen molar-refractivity contribution in [2.45, 2.75) is 26.7 Å². The van der Waals surface area contributed by atoms with Crippen molar-refractivity contribution in [1.82, 2.24) is 14.6 Å². The monoisotopic (exact) mass is 390 g/mol. The van der Waals surface area contributed by atoms with Crippen LogP contribution >= 0.6 is 15.9 Å². The van der Waals surface area contributed by atoms with E-state index in [1.54, 1.807) is 0 Å². The molecule has 0 bridgehead atoms. The van der Waals surface area contributed by atoms with E-state index >= 15 is 0 Å². The van der Waals surface area contributed by atoms with E-state index in [-0.39, 0.29) is 5.92 Å². The highest BCUT2D eigenvalue weighted by atomic mass is 79.9. The molecule has 1 saturated heterocycles.